The van der Waals surface area contributed by atoms with Crippen molar-refractivity contribution >= 4 is 34.7 Å². The highest BCUT2D eigenvalue weighted by molar-refractivity contribution is 6.45. The average Bonchev–Trinajstić information content (AvgIpc) is 2.50. The third-order valence-electron chi connectivity index (χ3n) is 2.75. The minimum Gasteiger partial charge on any atom is -0.507 e. The van der Waals surface area contributed by atoms with Gasteiger partial charge in [-0.1, -0.05) is 23.7 Å². The molecule has 0 fully saturated rings. The molecule has 0 spiro atoms. The molecule has 4 nitrogen and oxygen atoms in total. The van der Waals surface area contributed by atoms with E-state index in [1.807, 2.05) is 0 Å². The Kier molecular flexibility index (Phi) is 4.91. The summed E-state index contributed by atoms with van der Waals surface area (Å²) in [7, 11) is 0. The summed E-state index contributed by atoms with van der Waals surface area (Å²) in [6.45, 7) is 0. The lowest BCUT2D eigenvalue weighted by Gasteiger charge is -2.04. The van der Waals surface area contributed by atoms with Crippen LogP contribution < -0.4 is 5.32 Å². The Morgan fingerprint density at radius 2 is 1.73 bits per heavy atom. The van der Waals surface area contributed by atoms with E-state index in [2.05, 4.69) is 5.32 Å². The first kappa shape index (κ1) is 15.7. The second-order valence-corrected chi connectivity index (χ2v) is 4.77. The first-order chi connectivity index (χ1) is 10.5. The van der Waals surface area contributed by atoms with E-state index < -0.39 is 17.5 Å². The van der Waals surface area contributed by atoms with Gasteiger partial charge in [-0.05, 0) is 36.4 Å². The standard InChI is InChI=1S/C16H11ClFNO3/c17-11-7-5-10(6-8-11)14(20)9-15(21)16(22)19-13-4-2-1-3-12(13)18/h1-9,20H,(H,19,22). The number of anilines is 1. The Balaban J connectivity index is 2.11. The van der Waals surface area contributed by atoms with Crippen LogP contribution in [0.3, 0.4) is 0 Å². The number of carbonyl (C=O) groups excluding carboxylic acids is 2. The van der Waals surface area contributed by atoms with Gasteiger partial charge >= 0.3 is 0 Å². The maximum Gasteiger partial charge on any atom is 0.296 e. The highest BCUT2D eigenvalue weighted by atomic mass is 35.5. The van der Waals surface area contributed by atoms with Gasteiger partial charge in [0.15, 0.2) is 0 Å². The van der Waals surface area contributed by atoms with E-state index in [0.29, 0.717) is 10.6 Å². The van der Waals surface area contributed by atoms with E-state index in [-0.39, 0.29) is 11.4 Å². The minimum absolute atomic E-state index is 0.111. The fourth-order valence-electron chi connectivity index (χ4n) is 1.64. The lowest BCUT2D eigenvalue weighted by molar-refractivity contribution is -0.132. The maximum atomic E-state index is 13.4. The molecule has 0 aliphatic rings. The van der Waals surface area contributed by atoms with Crippen LogP contribution in [-0.4, -0.2) is 16.8 Å². The molecule has 2 rings (SSSR count). The van der Waals surface area contributed by atoms with Crippen molar-refractivity contribution in [3.8, 4) is 0 Å². The number of carbonyl (C=O) groups is 2. The molecule has 0 saturated heterocycles. The lowest BCUT2D eigenvalue weighted by Crippen LogP contribution is -2.21. The maximum absolute atomic E-state index is 13.4. The molecule has 0 radical (unpaired) electrons. The molecule has 112 valence electrons. The normalized spacial score (nSPS) is 11.1. The Morgan fingerprint density at radius 1 is 1.09 bits per heavy atom. The first-order valence-electron chi connectivity index (χ1n) is 6.24. The summed E-state index contributed by atoms with van der Waals surface area (Å²) in [5, 5.41) is 12.4. The summed E-state index contributed by atoms with van der Waals surface area (Å²) in [5.41, 5.74) is 0.219. The second kappa shape index (κ2) is 6.87. The first-order valence-corrected chi connectivity index (χ1v) is 6.61. The van der Waals surface area contributed by atoms with Crippen LogP contribution in [0.4, 0.5) is 10.1 Å². The van der Waals surface area contributed by atoms with Gasteiger partial charge in [-0.15, -0.1) is 0 Å². The smallest absolute Gasteiger partial charge is 0.296 e. The third kappa shape index (κ3) is 3.93. The van der Waals surface area contributed by atoms with Crippen LogP contribution in [0.15, 0.2) is 54.6 Å². The van der Waals surface area contributed by atoms with Gasteiger partial charge in [-0.25, -0.2) is 4.39 Å². The monoisotopic (exact) mass is 319 g/mol. The Labute approximate surface area is 130 Å². The number of ketones is 1. The predicted molar refractivity (Wildman–Crippen MR) is 82.1 cm³/mol. The number of halogens is 2. The Hall–Kier alpha value is -2.66. The summed E-state index contributed by atoms with van der Waals surface area (Å²) in [4.78, 5) is 23.4. The van der Waals surface area contributed by atoms with Crippen LogP contribution >= 0.6 is 11.6 Å². The molecule has 0 atom stereocenters. The van der Waals surface area contributed by atoms with E-state index in [4.69, 9.17) is 11.6 Å². The van der Waals surface area contributed by atoms with E-state index in [9.17, 15) is 19.1 Å². The number of amides is 1. The van der Waals surface area contributed by atoms with E-state index >= 15 is 0 Å². The number of rotatable bonds is 4. The number of hydrogen-bond donors (Lipinski definition) is 2. The molecule has 0 aromatic heterocycles. The second-order valence-electron chi connectivity index (χ2n) is 4.33. The molecule has 6 heteroatoms. The van der Waals surface area contributed by atoms with Crippen molar-refractivity contribution in [2.24, 2.45) is 0 Å². The molecule has 0 saturated carbocycles. The molecule has 1 amide bonds. The molecule has 22 heavy (non-hydrogen) atoms. The zero-order valence-corrected chi connectivity index (χ0v) is 12.0. The van der Waals surface area contributed by atoms with Crippen LogP contribution in [-0.2, 0) is 9.59 Å². The van der Waals surface area contributed by atoms with Crippen LogP contribution in [0.5, 0.6) is 0 Å². The SMILES string of the molecule is O=C(C=C(O)c1ccc(Cl)cc1)C(=O)Nc1ccccc1F. The van der Waals surface area contributed by atoms with E-state index in [1.54, 1.807) is 0 Å². The number of benzene rings is 2. The quantitative estimate of drug-likeness (QED) is 0.514. The molecule has 2 N–H and O–H groups in total. The predicted octanol–water partition coefficient (Wildman–Crippen LogP) is 3.59. The van der Waals surface area contributed by atoms with Gasteiger partial charge in [-0.3, -0.25) is 9.59 Å². The van der Waals surface area contributed by atoms with Crippen molar-refractivity contribution < 1.29 is 19.1 Å². The Morgan fingerprint density at radius 3 is 2.36 bits per heavy atom. The van der Waals surface area contributed by atoms with Crippen molar-refractivity contribution in [3.63, 3.8) is 0 Å². The highest BCUT2D eigenvalue weighted by Gasteiger charge is 2.14. The summed E-state index contributed by atoms with van der Waals surface area (Å²) in [5.74, 6) is -3.10. The zero-order chi connectivity index (χ0) is 16.1. The molecular weight excluding hydrogens is 309 g/mol. The number of nitrogens with one attached hydrogen (secondary N) is 1. The number of para-hydroxylation sites is 1. The van der Waals surface area contributed by atoms with Gasteiger partial charge in [0.1, 0.15) is 11.6 Å². The fraction of sp³-hybridized carbons (Fsp3) is 0. The van der Waals surface area contributed by atoms with Crippen molar-refractivity contribution in [2.45, 2.75) is 0 Å². The van der Waals surface area contributed by atoms with Crippen LogP contribution in [0, 0.1) is 5.82 Å². The van der Waals surface area contributed by atoms with Crippen molar-refractivity contribution in [1.29, 1.82) is 0 Å². The van der Waals surface area contributed by atoms with Gasteiger partial charge in [0.2, 0.25) is 5.78 Å². The van der Waals surface area contributed by atoms with Crippen LogP contribution in [0.25, 0.3) is 5.76 Å². The van der Waals surface area contributed by atoms with Crippen LogP contribution in [0.1, 0.15) is 5.56 Å². The summed E-state index contributed by atoms with van der Waals surface area (Å²) in [6, 6.07) is 11.5. The summed E-state index contributed by atoms with van der Waals surface area (Å²) in [6.07, 6.45) is 0.763. The average molecular weight is 320 g/mol. The Bertz CT molecular complexity index is 741. The van der Waals surface area contributed by atoms with E-state index in [1.165, 1.54) is 42.5 Å². The minimum atomic E-state index is -1.05. The van der Waals surface area contributed by atoms with Gasteiger partial charge in [0, 0.05) is 16.7 Å². The van der Waals surface area contributed by atoms with Crippen molar-refractivity contribution in [1.82, 2.24) is 0 Å². The van der Waals surface area contributed by atoms with Gasteiger partial charge in [0.25, 0.3) is 5.91 Å². The van der Waals surface area contributed by atoms with Crippen LogP contribution in [0.2, 0.25) is 5.02 Å². The number of hydrogen-bond acceptors (Lipinski definition) is 3. The van der Waals surface area contributed by atoms with Gasteiger partial charge in [-0.2, -0.15) is 0 Å². The molecular formula is C16H11ClFNO3. The largest absolute Gasteiger partial charge is 0.507 e. The molecule has 0 bridgehead atoms. The third-order valence-corrected chi connectivity index (χ3v) is 3.01. The van der Waals surface area contributed by atoms with Gasteiger partial charge in [0.05, 0.1) is 5.69 Å². The lowest BCUT2D eigenvalue weighted by atomic mass is 10.1. The number of aliphatic hydroxyl groups is 1. The summed E-state index contributed by atoms with van der Waals surface area (Å²) < 4.78 is 13.4. The molecule has 2 aromatic rings. The fourth-order valence-corrected chi connectivity index (χ4v) is 1.77. The number of aliphatic hydroxyl groups excluding tert-OH is 1. The zero-order valence-electron chi connectivity index (χ0n) is 11.2. The highest BCUT2D eigenvalue weighted by Crippen LogP contribution is 2.16. The van der Waals surface area contributed by atoms with E-state index in [0.717, 1.165) is 12.1 Å². The molecule has 0 heterocycles. The topological polar surface area (TPSA) is 66.4 Å². The van der Waals surface area contributed by atoms with Crippen molar-refractivity contribution in [3.05, 3.63) is 71.0 Å². The molecule has 0 aliphatic heterocycles. The molecule has 0 aliphatic carbocycles. The summed E-state index contributed by atoms with van der Waals surface area (Å²) >= 11 is 5.71. The molecule has 0 unspecified atom stereocenters. The van der Waals surface area contributed by atoms with Gasteiger partial charge < -0.3 is 10.4 Å². The van der Waals surface area contributed by atoms with Crippen molar-refractivity contribution in [2.75, 3.05) is 5.32 Å². The molecule has 2 aromatic carbocycles.